The van der Waals surface area contributed by atoms with Crippen LogP contribution in [-0.2, 0) is 6.42 Å². The highest BCUT2D eigenvalue weighted by molar-refractivity contribution is 5.76. The van der Waals surface area contributed by atoms with Crippen molar-refractivity contribution in [1.82, 2.24) is 20.0 Å². The zero-order chi connectivity index (χ0) is 21.5. The fourth-order valence-corrected chi connectivity index (χ4v) is 3.21. The number of nitrogens with zero attached hydrogens (tertiary/aromatic N) is 3. The summed E-state index contributed by atoms with van der Waals surface area (Å²) in [7, 11) is 3.43. The van der Waals surface area contributed by atoms with Crippen molar-refractivity contribution in [2.24, 2.45) is 0 Å². The minimum atomic E-state index is -0.440. The van der Waals surface area contributed by atoms with Crippen molar-refractivity contribution in [1.29, 1.82) is 0 Å². The Bertz CT molecular complexity index is 868. The van der Waals surface area contributed by atoms with Crippen LogP contribution in [0.15, 0.2) is 48.5 Å². The van der Waals surface area contributed by atoms with Crippen LogP contribution in [0.4, 0.5) is 14.0 Å². The molecule has 1 aliphatic heterocycles. The number of benzene rings is 2. The van der Waals surface area contributed by atoms with E-state index >= 15 is 0 Å². The van der Waals surface area contributed by atoms with Crippen molar-refractivity contribution in [2.45, 2.75) is 6.42 Å². The summed E-state index contributed by atoms with van der Waals surface area (Å²) in [5.41, 5.74) is 0.773. The highest BCUT2D eigenvalue weighted by atomic mass is 19.1. The van der Waals surface area contributed by atoms with E-state index in [0.717, 1.165) is 5.56 Å². The summed E-state index contributed by atoms with van der Waals surface area (Å²) in [6, 6.07) is 13.6. The number of para-hydroxylation sites is 1. The van der Waals surface area contributed by atoms with Crippen molar-refractivity contribution < 1.29 is 18.7 Å². The van der Waals surface area contributed by atoms with Crippen molar-refractivity contribution in [3.8, 4) is 11.5 Å². The van der Waals surface area contributed by atoms with Gasteiger partial charge in [0.25, 0.3) is 0 Å². The first-order valence-corrected chi connectivity index (χ1v) is 9.94. The molecule has 4 amide bonds. The summed E-state index contributed by atoms with van der Waals surface area (Å²) in [5.74, 6) is 0.298. The highest BCUT2D eigenvalue weighted by Crippen LogP contribution is 2.25. The first-order chi connectivity index (χ1) is 14.4. The number of halogens is 1. The number of hydrogen-bond acceptors (Lipinski definition) is 3. The molecular weight excluding hydrogens is 387 g/mol. The van der Waals surface area contributed by atoms with E-state index in [1.165, 1.54) is 11.0 Å². The van der Waals surface area contributed by atoms with Crippen LogP contribution in [0.2, 0.25) is 0 Å². The molecule has 0 aliphatic carbocycles. The molecule has 8 heteroatoms. The second-order valence-electron chi connectivity index (χ2n) is 7.31. The second kappa shape index (κ2) is 9.96. The first kappa shape index (κ1) is 21.4. The van der Waals surface area contributed by atoms with Gasteiger partial charge >= 0.3 is 12.1 Å². The molecule has 1 N–H and O–H groups in total. The van der Waals surface area contributed by atoms with Gasteiger partial charge in [-0.25, -0.2) is 14.0 Å². The van der Waals surface area contributed by atoms with Crippen LogP contribution in [0.1, 0.15) is 5.56 Å². The number of carbonyl (C=O) groups excluding carboxylic acids is 2. The van der Waals surface area contributed by atoms with Gasteiger partial charge in [0, 0.05) is 46.8 Å². The molecule has 0 aromatic heterocycles. The predicted molar refractivity (Wildman–Crippen MR) is 112 cm³/mol. The fourth-order valence-electron chi connectivity index (χ4n) is 3.21. The number of ether oxygens (including phenoxy) is 1. The van der Waals surface area contributed by atoms with Crippen LogP contribution in [0, 0.1) is 5.82 Å². The number of carbonyl (C=O) groups is 2. The van der Waals surface area contributed by atoms with E-state index in [9.17, 15) is 14.0 Å². The standard InChI is InChI=1S/C22H27FN4O3/c1-25(2)22(29)27-14-12-26(13-15-27)21(28)24-11-10-17-8-9-20(19(23)16-17)30-18-6-4-3-5-7-18/h3-9,16H,10-15H2,1-2H3,(H,24,28). The zero-order valence-electron chi connectivity index (χ0n) is 17.3. The fraction of sp³-hybridized carbons (Fsp3) is 0.364. The Balaban J connectivity index is 1.43. The van der Waals surface area contributed by atoms with Crippen LogP contribution < -0.4 is 10.1 Å². The molecular formula is C22H27FN4O3. The van der Waals surface area contributed by atoms with E-state index < -0.39 is 5.82 Å². The Kier molecular flexibility index (Phi) is 7.11. The number of piperazine rings is 1. The SMILES string of the molecule is CN(C)C(=O)N1CCN(C(=O)NCCc2ccc(Oc3ccccc3)c(F)c2)CC1. The van der Waals surface area contributed by atoms with Crippen LogP contribution in [-0.4, -0.2) is 73.6 Å². The molecule has 0 spiro atoms. The molecule has 2 aromatic rings. The van der Waals surface area contributed by atoms with Crippen molar-refractivity contribution >= 4 is 12.1 Å². The van der Waals surface area contributed by atoms with Gasteiger partial charge in [-0.05, 0) is 36.2 Å². The van der Waals surface area contributed by atoms with Gasteiger partial charge in [0.1, 0.15) is 5.75 Å². The van der Waals surface area contributed by atoms with Gasteiger partial charge in [-0.3, -0.25) is 0 Å². The topological polar surface area (TPSA) is 65.1 Å². The largest absolute Gasteiger partial charge is 0.454 e. The molecule has 0 unspecified atom stereocenters. The molecule has 0 radical (unpaired) electrons. The second-order valence-corrected chi connectivity index (χ2v) is 7.31. The number of urea groups is 2. The van der Waals surface area contributed by atoms with Crippen LogP contribution >= 0.6 is 0 Å². The molecule has 30 heavy (non-hydrogen) atoms. The van der Waals surface area contributed by atoms with Gasteiger partial charge in [-0.15, -0.1) is 0 Å². The first-order valence-electron chi connectivity index (χ1n) is 9.94. The van der Waals surface area contributed by atoms with Gasteiger partial charge in [-0.2, -0.15) is 0 Å². The third-order valence-corrected chi connectivity index (χ3v) is 4.88. The quantitative estimate of drug-likeness (QED) is 0.817. The lowest BCUT2D eigenvalue weighted by Gasteiger charge is -2.35. The summed E-state index contributed by atoms with van der Waals surface area (Å²) in [6.07, 6.45) is 0.507. The molecule has 160 valence electrons. The minimum Gasteiger partial charge on any atom is -0.454 e. The molecule has 7 nitrogen and oxygen atoms in total. The number of amides is 4. The van der Waals surface area contributed by atoms with Crippen LogP contribution in [0.5, 0.6) is 11.5 Å². The predicted octanol–water partition coefficient (Wildman–Crippen LogP) is 3.17. The van der Waals surface area contributed by atoms with Crippen molar-refractivity contribution in [3.63, 3.8) is 0 Å². The molecule has 0 atom stereocenters. The van der Waals surface area contributed by atoms with E-state index in [0.29, 0.717) is 44.9 Å². The third-order valence-electron chi connectivity index (χ3n) is 4.88. The van der Waals surface area contributed by atoms with Crippen molar-refractivity contribution in [2.75, 3.05) is 46.8 Å². The van der Waals surface area contributed by atoms with Gasteiger partial charge in [-0.1, -0.05) is 24.3 Å². The molecule has 0 bridgehead atoms. The van der Waals surface area contributed by atoms with Gasteiger partial charge < -0.3 is 24.8 Å². The third kappa shape index (κ3) is 5.62. The average molecular weight is 414 g/mol. The Morgan fingerprint density at radius 2 is 1.70 bits per heavy atom. The molecule has 1 fully saturated rings. The molecule has 3 rings (SSSR count). The molecule has 1 heterocycles. The average Bonchev–Trinajstić information content (AvgIpc) is 2.75. The molecule has 1 saturated heterocycles. The number of hydrogen-bond donors (Lipinski definition) is 1. The summed E-state index contributed by atoms with van der Waals surface area (Å²) in [4.78, 5) is 29.2. The minimum absolute atomic E-state index is 0.0447. The lowest BCUT2D eigenvalue weighted by atomic mass is 10.1. The van der Waals surface area contributed by atoms with E-state index in [4.69, 9.17) is 4.74 Å². The Labute approximate surface area is 176 Å². The normalized spacial score (nSPS) is 13.7. The lowest BCUT2D eigenvalue weighted by molar-refractivity contribution is 0.129. The molecule has 1 aliphatic rings. The number of rotatable bonds is 5. The smallest absolute Gasteiger partial charge is 0.319 e. The monoisotopic (exact) mass is 414 g/mol. The number of nitrogens with one attached hydrogen (secondary N) is 1. The summed E-state index contributed by atoms with van der Waals surface area (Å²) >= 11 is 0. The van der Waals surface area contributed by atoms with Crippen LogP contribution in [0.3, 0.4) is 0 Å². The summed E-state index contributed by atoms with van der Waals surface area (Å²) in [5, 5.41) is 2.86. The lowest BCUT2D eigenvalue weighted by Crippen LogP contribution is -2.55. The maximum atomic E-state index is 14.3. The summed E-state index contributed by atoms with van der Waals surface area (Å²) < 4.78 is 19.9. The van der Waals surface area contributed by atoms with E-state index in [1.807, 2.05) is 18.2 Å². The van der Waals surface area contributed by atoms with E-state index in [-0.39, 0.29) is 17.8 Å². The van der Waals surface area contributed by atoms with Gasteiger partial charge in [0.2, 0.25) is 0 Å². The maximum Gasteiger partial charge on any atom is 0.319 e. The zero-order valence-corrected chi connectivity index (χ0v) is 17.3. The highest BCUT2D eigenvalue weighted by Gasteiger charge is 2.24. The Hall–Kier alpha value is -3.29. The summed E-state index contributed by atoms with van der Waals surface area (Å²) in [6.45, 7) is 2.40. The molecule has 0 saturated carbocycles. The maximum absolute atomic E-state index is 14.3. The Morgan fingerprint density at radius 1 is 1.03 bits per heavy atom. The van der Waals surface area contributed by atoms with Crippen LogP contribution in [0.25, 0.3) is 0 Å². The van der Waals surface area contributed by atoms with Gasteiger partial charge in [0.15, 0.2) is 11.6 Å². The van der Waals surface area contributed by atoms with Gasteiger partial charge in [0.05, 0.1) is 0 Å². The van der Waals surface area contributed by atoms with E-state index in [1.54, 1.807) is 48.2 Å². The van der Waals surface area contributed by atoms with Crippen molar-refractivity contribution in [3.05, 3.63) is 59.9 Å². The molecule has 2 aromatic carbocycles. The Morgan fingerprint density at radius 3 is 2.33 bits per heavy atom. The van der Waals surface area contributed by atoms with E-state index in [2.05, 4.69) is 5.32 Å².